The number of anilines is 1. The van der Waals surface area contributed by atoms with Crippen molar-refractivity contribution in [2.45, 2.75) is 50.7 Å². The molecule has 0 spiro atoms. The predicted molar refractivity (Wildman–Crippen MR) is 250 cm³/mol. The Bertz CT molecular complexity index is 2590. The standard InChI is InChI=1S/C49H55F2N9O9/c50-37-25-31(26-38(51)36(37)30-58-15-19-68-20-16-58)34-3-1-6-40-46(34)56-41(29-55-40)32(27-52)28-54-33-9-13-59(14-10-33)44(62)11-17-66-21-23-69-24-22-67-18-12-53-39-5-2-4-35-45(39)49(65)60(48(35)64)42-7-8-43(61)57-47(42)63/h1-6,25-29,33,42,53H,7-24,30,52H2,(H,57,61,63). The number of para-hydroxylation sites is 1. The van der Waals surface area contributed by atoms with Gasteiger partial charge in [0.15, 0.2) is 0 Å². The van der Waals surface area contributed by atoms with Gasteiger partial charge in [-0.05, 0) is 55.2 Å². The highest BCUT2D eigenvalue weighted by atomic mass is 19.1. The number of halogens is 2. The molecule has 0 radical (unpaired) electrons. The van der Waals surface area contributed by atoms with E-state index in [1.807, 2.05) is 9.80 Å². The third-order valence-electron chi connectivity index (χ3n) is 12.5. The second-order valence-electron chi connectivity index (χ2n) is 16.9. The molecular formula is C49H55F2N9O9. The van der Waals surface area contributed by atoms with Gasteiger partial charge >= 0.3 is 0 Å². The van der Waals surface area contributed by atoms with E-state index in [2.05, 4.69) is 15.6 Å². The number of nitrogens with one attached hydrogen (secondary N) is 2. The number of aliphatic imine (C=N–C) groups is 1. The van der Waals surface area contributed by atoms with E-state index in [4.69, 9.17) is 34.7 Å². The minimum Gasteiger partial charge on any atom is -0.404 e. The molecule has 4 aromatic rings. The summed E-state index contributed by atoms with van der Waals surface area (Å²) in [5, 5.41) is 5.32. The van der Waals surface area contributed by atoms with Gasteiger partial charge in [0.2, 0.25) is 17.7 Å². The van der Waals surface area contributed by atoms with Crippen molar-refractivity contribution in [1.82, 2.24) is 30.0 Å². The fourth-order valence-corrected chi connectivity index (χ4v) is 8.72. The number of morpholine rings is 1. The Morgan fingerprint density at radius 2 is 1.58 bits per heavy atom. The van der Waals surface area contributed by atoms with Crippen LogP contribution in [-0.2, 0) is 39.9 Å². The van der Waals surface area contributed by atoms with E-state index < -0.39 is 41.3 Å². The Morgan fingerprint density at radius 3 is 2.30 bits per heavy atom. The van der Waals surface area contributed by atoms with Crippen LogP contribution in [0.2, 0.25) is 0 Å². The van der Waals surface area contributed by atoms with Crippen LogP contribution < -0.4 is 16.4 Å². The summed E-state index contributed by atoms with van der Waals surface area (Å²) >= 11 is 0. The van der Waals surface area contributed by atoms with Crippen LogP contribution in [0.1, 0.15) is 64.1 Å². The molecule has 1 atom stereocenters. The average Bonchev–Trinajstić information content (AvgIpc) is 3.61. The molecule has 1 aromatic heterocycles. The molecule has 8 rings (SSSR count). The first-order chi connectivity index (χ1) is 33.6. The zero-order valence-electron chi connectivity index (χ0n) is 38.1. The first kappa shape index (κ1) is 48.9. The molecular weight excluding hydrogens is 897 g/mol. The van der Waals surface area contributed by atoms with Crippen molar-refractivity contribution in [1.29, 1.82) is 0 Å². The Morgan fingerprint density at radius 1 is 0.884 bits per heavy atom. The number of imide groups is 2. The van der Waals surface area contributed by atoms with Gasteiger partial charge in [-0.1, -0.05) is 18.2 Å². The van der Waals surface area contributed by atoms with Gasteiger partial charge in [0.1, 0.15) is 17.7 Å². The van der Waals surface area contributed by atoms with Gasteiger partial charge < -0.3 is 34.9 Å². The maximum atomic E-state index is 15.4. The highest BCUT2D eigenvalue weighted by Gasteiger charge is 2.45. The first-order valence-corrected chi connectivity index (χ1v) is 23.2. The number of nitrogens with two attached hydrogens (primary N) is 1. The molecule has 4 N–H and O–H groups in total. The smallest absolute Gasteiger partial charge is 0.264 e. The SMILES string of the molecule is NC=C(C=NC1CCN(C(=O)CCOCCOCCOCCNc2cccc3c2C(=O)N(C2CCC(=O)NC2=O)C3=O)CC1)c1cnc2cccc(-c3cc(F)c(CN4CCOCC4)c(F)c3)c2n1. The molecule has 3 saturated heterocycles. The number of piperidine rings is 2. The van der Waals surface area contributed by atoms with Crippen molar-refractivity contribution in [3.63, 3.8) is 0 Å². The maximum Gasteiger partial charge on any atom is 0.264 e. The summed E-state index contributed by atoms with van der Waals surface area (Å²) in [7, 11) is 0. The molecule has 18 nitrogen and oxygen atoms in total. The van der Waals surface area contributed by atoms with Crippen LogP contribution in [0.25, 0.3) is 27.7 Å². The number of aromatic nitrogens is 2. The second-order valence-corrected chi connectivity index (χ2v) is 16.9. The Kier molecular flexibility index (Phi) is 16.4. The van der Waals surface area contributed by atoms with Crippen LogP contribution in [0.3, 0.4) is 0 Å². The van der Waals surface area contributed by atoms with Gasteiger partial charge in [0.25, 0.3) is 11.8 Å². The monoisotopic (exact) mass is 951 g/mol. The number of amides is 5. The molecule has 5 heterocycles. The lowest BCUT2D eigenvalue weighted by Gasteiger charge is -2.30. The van der Waals surface area contributed by atoms with E-state index in [1.165, 1.54) is 24.4 Å². The number of ether oxygens (including phenoxy) is 4. The number of fused-ring (bicyclic) bond motifs is 2. The number of hydrogen-bond acceptors (Lipinski definition) is 15. The van der Waals surface area contributed by atoms with Crippen LogP contribution in [-0.4, -0.2) is 158 Å². The molecule has 69 heavy (non-hydrogen) atoms. The molecule has 4 aliphatic heterocycles. The number of benzene rings is 3. The van der Waals surface area contributed by atoms with Gasteiger partial charge in [-0.15, -0.1) is 0 Å². The maximum absolute atomic E-state index is 15.4. The van der Waals surface area contributed by atoms with Gasteiger partial charge in [-0.2, -0.15) is 0 Å². The molecule has 1 unspecified atom stereocenters. The van der Waals surface area contributed by atoms with Crippen molar-refractivity contribution in [2.75, 3.05) is 90.9 Å². The van der Waals surface area contributed by atoms with E-state index in [9.17, 15) is 24.0 Å². The van der Waals surface area contributed by atoms with Gasteiger partial charge in [-0.25, -0.2) is 13.8 Å². The third kappa shape index (κ3) is 11.8. The van der Waals surface area contributed by atoms with Crippen molar-refractivity contribution in [3.05, 3.63) is 94.9 Å². The highest BCUT2D eigenvalue weighted by molar-refractivity contribution is 6.25. The van der Waals surface area contributed by atoms with Crippen LogP contribution in [0.4, 0.5) is 14.5 Å². The Balaban J connectivity index is 0.703. The first-order valence-electron chi connectivity index (χ1n) is 23.2. The van der Waals surface area contributed by atoms with Crippen LogP contribution in [0.15, 0.2) is 65.9 Å². The Hall–Kier alpha value is -6.58. The quantitative estimate of drug-likeness (QED) is 0.0654. The molecule has 4 aliphatic rings. The highest BCUT2D eigenvalue weighted by Crippen LogP contribution is 2.33. The predicted octanol–water partition coefficient (Wildman–Crippen LogP) is 3.72. The minimum absolute atomic E-state index is 0.000268. The summed E-state index contributed by atoms with van der Waals surface area (Å²) in [6, 6.07) is 11.8. The molecule has 0 saturated carbocycles. The average molecular weight is 952 g/mol. The number of allylic oxidation sites excluding steroid dienone is 1. The molecule has 20 heteroatoms. The van der Waals surface area contributed by atoms with Crippen LogP contribution in [0.5, 0.6) is 0 Å². The lowest BCUT2D eigenvalue weighted by Crippen LogP contribution is -2.54. The number of nitrogens with zero attached hydrogens (tertiary/aromatic N) is 6. The van der Waals surface area contributed by atoms with Gasteiger partial charge in [-0.3, -0.25) is 49.1 Å². The van der Waals surface area contributed by atoms with Crippen molar-refractivity contribution >= 4 is 58.0 Å². The molecule has 5 amide bonds. The fraction of sp³-hybridized carbons (Fsp3) is 0.429. The second kappa shape index (κ2) is 23.1. The molecule has 3 fully saturated rings. The van der Waals surface area contributed by atoms with E-state index in [-0.39, 0.29) is 61.1 Å². The lowest BCUT2D eigenvalue weighted by molar-refractivity contribution is -0.136. The fourth-order valence-electron chi connectivity index (χ4n) is 8.72. The molecule has 0 bridgehead atoms. The molecule has 3 aromatic carbocycles. The van der Waals surface area contributed by atoms with Crippen molar-refractivity contribution in [2.24, 2.45) is 10.7 Å². The largest absolute Gasteiger partial charge is 0.404 e. The summed E-state index contributed by atoms with van der Waals surface area (Å²) in [5.41, 5.74) is 9.79. The number of hydrogen-bond donors (Lipinski definition) is 3. The summed E-state index contributed by atoms with van der Waals surface area (Å²) < 4.78 is 53.0. The number of carbonyl (C=O) groups excluding carboxylic acids is 5. The lowest BCUT2D eigenvalue weighted by atomic mass is 10.0. The van der Waals surface area contributed by atoms with E-state index in [0.717, 1.165) is 4.90 Å². The number of likely N-dealkylation sites (tertiary alicyclic amines) is 1. The zero-order chi connectivity index (χ0) is 48.3. The van der Waals surface area contributed by atoms with E-state index in [1.54, 1.807) is 42.7 Å². The summed E-state index contributed by atoms with van der Waals surface area (Å²) in [6.07, 6.45) is 6.35. The number of carbonyl (C=O) groups is 5. The van der Waals surface area contributed by atoms with E-state index in [0.29, 0.717) is 131 Å². The van der Waals surface area contributed by atoms with Crippen LogP contribution in [0, 0.1) is 11.6 Å². The van der Waals surface area contributed by atoms with Gasteiger partial charge in [0.05, 0.1) is 99.4 Å². The summed E-state index contributed by atoms with van der Waals surface area (Å²) in [6.45, 7) is 5.71. The topological polar surface area (TPSA) is 220 Å². The Labute approximate surface area is 397 Å². The van der Waals surface area contributed by atoms with Crippen molar-refractivity contribution < 1.29 is 51.7 Å². The van der Waals surface area contributed by atoms with Gasteiger partial charge in [0, 0.05) is 80.5 Å². The van der Waals surface area contributed by atoms with Crippen molar-refractivity contribution in [3.8, 4) is 11.1 Å². The minimum atomic E-state index is -1.04. The van der Waals surface area contributed by atoms with E-state index >= 15 is 8.78 Å². The molecule has 364 valence electrons. The normalized spacial score (nSPS) is 18.4. The van der Waals surface area contributed by atoms with Crippen LogP contribution >= 0.6 is 0 Å². The third-order valence-corrected chi connectivity index (χ3v) is 12.5. The summed E-state index contributed by atoms with van der Waals surface area (Å²) in [4.78, 5) is 82.0. The zero-order valence-corrected chi connectivity index (χ0v) is 38.1. The summed E-state index contributed by atoms with van der Waals surface area (Å²) in [5.74, 6) is -3.50. The molecule has 0 aliphatic carbocycles. The number of rotatable bonds is 20.